The van der Waals surface area contributed by atoms with Crippen molar-refractivity contribution in [3.63, 3.8) is 0 Å². The number of anilines is 5. The average Bonchev–Trinajstić information content (AvgIpc) is 3.50. The zero-order valence-corrected chi connectivity index (χ0v) is 37.9. The first-order chi connectivity index (χ1) is 32.0. The molecule has 0 bridgehead atoms. The van der Waals surface area contributed by atoms with Crippen molar-refractivity contribution >= 4 is 68.0 Å². The largest absolute Gasteiger partial charge is 0.310 e. The van der Waals surface area contributed by atoms with Crippen LogP contribution in [0.15, 0.2) is 261 Å². The van der Waals surface area contributed by atoms with Crippen LogP contribution in [0.4, 0.5) is 28.4 Å². The van der Waals surface area contributed by atoms with E-state index >= 15 is 0 Å². The first-order valence-electron chi connectivity index (χ1n) is 22.7. The Labute approximate surface area is 384 Å². The smallest absolute Gasteiger partial charge is 0.179 e. The Kier molecular flexibility index (Phi) is 10.3. The van der Waals surface area contributed by atoms with Crippen molar-refractivity contribution in [3.05, 3.63) is 272 Å². The number of allylic oxidation sites excluding steroid dienone is 5. The molecular formula is C62H50N2Si. The molecule has 0 aromatic heterocycles. The van der Waals surface area contributed by atoms with Gasteiger partial charge in [-0.1, -0.05) is 202 Å². The number of nitrogens with zero attached hydrogens (tertiary/aromatic N) is 2. The molecule has 0 radical (unpaired) electrons. The molecule has 0 amide bonds. The van der Waals surface area contributed by atoms with E-state index in [9.17, 15) is 0 Å². The highest BCUT2D eigenvalue weighted by atomic mass is 28.3. The molecule has 11 rings (SSSR count). The summed E-state index contributed by atoms with van der Waals surface area (Å²) < 4.78 is 0. The Bertz CT molecular complexity index is 3230. The molecule has 0 saturated carbocycles. The number of hydrogen-bond donors (Lipinski definition) is 0. The van der Waals surface area contributed by atoms with Crippen LogP contribution in [0.1, 0.15) is 31.4 Å². The highest BCUT2D eigenvalue weighted by molar-refractivity contribution is 7.20. The summed E-state index contributed by atoms with van der Waals surface area (Å²) in [7, 11) is -3.06. The molecule has 0 fully saturated rings. The molecule has 9 aromatic carbocycles. The van der Waals surface area contributed by atoms with E-state index in [1.54, 1.807) is 0 Å². The van der Waals surface area contributed by atoms with Gasteiger partial charge in [0.05, 0.1) is 5.69 Å². The Morgan fingerprint density at radius 3 is 1.68 bits per heavy atom. The topological polar surface area (TPSA) is 6.48 Å². The molecule has 0 aliphatic heterocycles. The second-order valence-electron chi connectivity index (χ2n) is 17.6. The van der Waals surface area contributed by atoms with Gasteiger partial charge in [0.25, 0.3) is 0 Å². The monoisotopic (exact) mass is 850 g/mol. The summed E-state index contributed by atoms with van der Waals surface area (Å²) in [5.74, 6) is 0. The van der Waals surface area contributed by atoms with Gasteiger partial charge < -0.3 is 9.80 Å². The van der Waals surface area contributed by atoms with Gasteiger partial charge in [0.1, 0.15) is 0 Å². The van der Waals surface area contributed by atoms with Crippen LogP contribution in [0, 0.1) is 0 Å². The maximum absolute atomic E-state index is 3.06. The van der Waals surface area contributed by atoms with Gasteiger partial charge in [0.15, 0.2) is 8.07 Å². The van der Waals surface area contributed by atoms with E-state index in [-0.39, 0.29) is 5.41 Å². The number of rotatable bonds is 10. The summed E-state index contributed by atoms with van der Waals surface area (Å²) in [5.41, 5.74) is 12.0. The van der Waals surface area contributed by atoms with Gasteiger partial charge in [-0.3, -0.25) is 0 Å². The SMILES string of the molecule is CC1(C)c2ccccc2-c2ccc(N(c3ccccc3)c3cccc([Si](c4ccccc4)(c4ccccc4)c4cccc(N(C5=CC=CCC=C5)c5cccc6ccccc56)c4)c3)cc21. The van der Waals surface area contributed by atoms with Gasteiger partial charge >= 0.3 is 0 Å². The molecule has 0 saturated heterocycles. The molecule has 0 N–H and O–H groups in total. The van der Waals surface area contributed by atoms with Gasteiger partial charge in [0, 0.05) is 39.2 Å². The van der Waals surface area contributed by atoms with Crippen LogP contribution < -0.4 is 30.5 Å². The van der Waals surface area contributed by atoms with Crippen molar-refractivity contribution in [1.82, 2.24) is 0 Å². The van der Waals surface area contributed by atoms with Crippen molar-refractivity contribution in [2.45, 2.75) is 25.7 Å². The summed E-state index contributed by atoms with van der Waals surface area (Å²) in [6.07, 6.45) is 12.1. The van der Waals surface area contributed by atoms with Crippen LogP contribution >= 0.6 is 0 Å². The molecule has 0 heterocycles. The third-order valence-electron chi connectivity index (χ3n) is 13.6. The molecule has 9 aromatic rings. The fraction of sp³-hybridized carbons (Fsp3) is 0.0645. The zero-order chi connectivity index (χ0) is 43.8. The minimum absolute atomic E-state index is 0.126. The highest BCUT2D eigenvalue weighted by Gasteiger charge is 2.42. The lowest BCUT2D eigenvalue weighted by atomic mass is 9.82. The van der Waals surface area contributed by atoms with Gasteiger partial charge in [-0.2, -0.15) is 0 Å². The fourth-order valence-electron chi connectivity index (χ4n) is 10.5. The van der Waals surface area contributed by atoms with E-state index in [0.29, 0.717) is 0 Å². The second kappa shape index (κ2) is 16.8. The summed E-state index contributed by atoms with van der Waals surface area (Å²) >= 11 is 0. The Hall–Kier alpha value is -7.72. The van der Waals surface area contributed by atoms with E-state index in [1.807, 2.05) is 0 Å². The molecule has 65 heavy (non-hydrogen) atoms. The van der Waals surface area contributed by atoms with E-state index < -0.39 is 8.07 Å². The van der Waals surface area contributed by atoms with Crippen LogP contribution in [0.5, 0.6) is 0 Å². The predicted octanol–water partition coefficient (Wildman–Crippen LogP) is 13.5. The number of fused-ring (bicyclic) bond motifs is 4. The normalized spacial score (nSPS) is 13.7. The summed E-state index contributed by atoms with van der Waals surface area (Å²) in [5, 5.41) is 7.71. The third-order valence-corrected chi connectivity index (χ3v) is 18.3. The first-order valence-corrected chi connectivity index (χ1v) is 24.7. The fourth-order valence-corrected chi connectivity index (χ4v) is 15.3. The lowest BCUT2D eigenvalue weighted by molar-refractivity contribution is 0.660. The van der Waals surface area contributed by atoms with Gasteiger partial charge in [-0.25, -0.2) is 0 Å². The molecule has 0 spiro atoms. The van der Waals surface area contributed by atoms with Crippen LogP contribution in [0.3, 0.4) is 0 Å². The van der Waals surface area contributed by atoms with E-state index in [4.69, 9.17) is 0 Å². The number of para-hydroxylation sites is 1. The molecule has 0 unspecified atom stereocenters. The molecule has 3 heteroatoms. The van der Waals surface area contributed by atoms with Gasteiger partial charge in [0.2, 0.25) is 0 Å². The molecule has 2 aliphatic rings. The van der Waals surface area contributed by atoms with Crippen molar-refractivity contribution in [2.24, 2.45) is 0 Å². The van der Waals surface area contributed by atoms with Crippen LogP contribution in [-0.2, 0) is 5.41 Å². The minimum atomic E-state index is -3.06. The third kappa shape index (κ3) is 6.97. The molecular weight excluding hydrogens is 801 g/mol. The summed E-state index contributed by atoms with van der Waals surface area (Å²) in [6, 6.07) is 83.7. The van der Waals surface area contributed by atoms with Crippen LogP contribution in [-0.4, -0.2) is 8.07 Å². The van der Waals surface area contributed by atoms with Crippen molar-refractivity contribution < 1.29 is 0 Å². The zero-order valence-electron chi connectivity index (χ0n) is 36.9. The molecule has 0 atom stereocenters. The number of hydrogen-bond acceptors (Lipinski definition) is 2. The number of benzene rings is 9. The van der Waals surface area contributed by atoms with E-state index in [1.165, 1.54) is 53.8 Å². The standard InChI is InChI=1S/C62H50N2Si/c1-62(2)59-39-19-18-38-57(59)58-42-41-51(45-60(58)62)63(47-25-10-5-11-26-47)49-29-21-35-54(43-49)65(52-31-12-6-13-32-52,53-33-14-7-15-34-53)55-36-22-30-50(44-55)64(48-27-8-3-4-9-28-48)61-40-20-24-46-23-16-17-37-56(46)61/h3,5-45H,4H2,1-2H3. The highest BCUT2D eigenvalue weighted by Crippen LogP contribution is 2.50. The Morgan fingerprint density at radius 1 is 0.415 bits per heavy atom. The quantitative estimate of drug-likeness (QED) is 0.0999. The van der Waals surface area contributed by atoms with Crippen molar-refractivity contribution in [1.29, 1.82) is 0 Å². The summed E-state index contributed by atoms with van der Waals surface area (Å²) in [4.78, 5) is 4.91. The van der Waals surface area contributed by atoms with Crippen LogP contribution in [0.2, 0.25) is 0 Å². The van der Waals surface area contributed by atoms with E-state index in [2.05, 4.69) is 278 Å². The van der Waals surface area contributed by atoms with Gasteiger partial charge in [-0.15, -0.1) is 0 Å². The van der Waals surface area contributed by atoms with Gasteiger partial charge in [-0.05, 0) is 122 Å². The minimum Gasteiger partial charge on any atom is -0.310 e. The summed E-state index contributed by atoms with van der Waals surface area (Å²) in [6.45, 7) is 4.73. The lowest BCUT2D eigenvalue weighted by Gasteiger charge is -2.36. The first kappa shape index (κ1) is 40.1. The second-order valence-corrected chi connectivity index (χ2v) is 21.5. The van der Waals surface area contributed by atoms with Crippen LogP contribution in [0.25, 0.3) is 21.9 Å². The maximum Gasteiger partial charge on any atom is 0.179 e. The average molecular weight is 851 g/mol. The Balaban J connectivity index is 1.14. The molecule has 312 valence electrons. The van der Waals surface area contributed by atoms with Crippen molar-refractivity contribution in [2.75, 3.05) is 9.80 Å². The van der Waals surface area contributed by atoms with Crippen molar-refractivity contribution in [3.8, 4) is 11.1 Å². The molecule has 2 aliphatic carbocycles. The Morgan fingerprint density at radius 2 is 0.954 bits per heavy atom. The molecule has 2 nitrogen and oxygen atoms in total. The van der Waals surface area contributed by atoms with E-state index in [0.717, 1.165) is 40.6 Å². The lowest BCUT2D eigenvalue weighted by Crippen LogP contribution is -2.74. The maximum atomic E-state index is 2.49. The predicted molar refractivity (Wildman–Crippen MR) is 279 cm³/mol.